The SMILES string of the molecule is Cc1ccc(-c2nnc(-c3nc(NCCc4ccc(S(N)(=O)=O)cc4)c4ccccc4n3)o2)cc1. The van der Waals surface area contributed by atoms with Gasteiger partial charge in [0.25, 0.3) is 5.89 Å². The van der Waals surface area contributed by atoms with Crippen molar-refractivity contribution in [1.82, 2.24) is 20.2 Å². The van der Waals surface area contributed by atoms with Crippen molar-refractivity contribution in [3.05, 3.63) is 83.9 Å². The highest BCUT2D eigenvalue weighted by Gasteiger charge is 2.16. The third-order valence-corrected chi connectivity index (χ3v) is 6.41. The molecule has 0 aliphatic heterocycles. The van der Waals surface area contributed by atoms with Gasteiger partial charge in [0.15, 0.2) is 0 Å². The molecule has 0 fully saturated rings. The van der Waals surface area contributed by atoms with Gasteiger partial charge in [-0.2, -0.15) is 0 Å². The maximum Gasteiger partial charge on any atom is 0.286 e. The molecule has 5 rings (SSSR count). The number of anilines is 1. The summed E-state index contributed by atoms with van der Waals surface area (Å²) < 4.78 is 28.8. The van der Waals surface area contributed by atoms with E-state index in [4.69, 9.17) is 9.56 Å². The fourth-order valence-electron chi connectivity index (χ4n) is 3.60. The van der Waals surface area contributed by atoms with Crippen LogP contribution in [0.2, 0.25) is 0 Å². The van der Waals surface area contributed by atoms with E-state index in [1.807, 2.05) is 55.5 Å². The number of sulfonamides is 1. The molecule has 0 unspecified atom stereocenters. The second-order valence-corrected chi connectivity index (χ2v) is 9.62. The maximum atomic E-state index is 11.4. The number of nitrogens with two attached hydrogens (primary N) is 1. The lowest BCUT2D eigenvalue weighted by Gasteiger charge is -2.10. The molecule has 3 aromatic carbocycles. The standard InChI is InChI=1S/C25H22N6O3S/c1-16-6-10-18(11-7-16)24-30-31-25(34-24)23-28-21-5-3-2-4-20(21)22(29-23)27-15-14-17-8-12-19(13-9-17)35(26,32)33/h2-13H,14-15H2,1H3,(H2,26,32,33)(H,27,28,29). The van der Waals surface area contributed by atoms with Crippen LogP contribution in [0.1, 0.15) is 11.1 Å². The van der Waals surface area contributed by atoms with Gasteiger partial charge in [-0.25, -0.2) is 23.5 Å². The average molecular weight is 487 g/mol. The van der Waals surface area contributed by atoms with Crippen molar-refractivity contribution in [2.75, 3.05) is 11.9 Å². The number of benzene rings is 3. The van der Waals surface area contributed by atoms with Crippen molar-refractivity contribution in [3.63, 3.8) is 0 Å². The highest BCUT2D eigenvalue weighted by molar-refractivity contribution is 7.89. The van der Waals surface area contributed by atoms with Gasteiger partial charge in [0.2, 0.25) is 21.7 Å². The molecule has 0 aliphatic rings. The summed E-state index contributed by atoms with van der Waals surface area (Å²) in [5.74, 6) is 1.60. The summed E-state index contributed by atoms with van der Waals surface area (Å²) in [4.78, 5) is 9.35. The third-order valence-electron chi connectivity index (χ3n) is 5.48. The van der Waals surface area contributed by atoms with E-state index in [0.29, 0.717) is 30.5 Å². The molecule has 2 aromatic heterocycles. The molecule has 176 valence electrons. The van der Waals surface area contributed by atoms with E-state index in [1.165, 1.54) is 12.1 Å². The Labute approximate surface area is 202 Å². The first-order valence-corrected chi connectivity index (χ1v) is 12.4. The van der Waals surface area contributed by atoms with Crippen LogP contribution in [0.15, 0.2) is 82.1 Å². The van der Waals surface area contributed by atoms with Gasteiger partial charge in [0.1, 0.15) is 5.82 Å². The van der Waals surface area contributed by atoms with Crippen LogP contribution in [0.4, 0.5) is 5.82 Å². The molecule has 0 saturated heterocycles. The number of primary sulfonamides is 1. The van der Waals surface area contributed by atoms with E-state index < -0.39 is 10.0 Å². The highest BCUT2D eigenvalue weighted by atomic mass is 32.2. The number of rotatable bonds is 7. The zero-order chi connectivity index (χ0) is 24.4. The molecule has 2 heterocycles. The van der Waals surface area contributed by atoms with Gasteiger partial charge in [0.05, 0.1) is 10.4 Å². The smallest absolute Gasteiger partial charge is 0.286 e. The Kier molecular flexibility index (Phi) is 5.98. The Morgan fingerprint density at radius 3 is 2.34 bits per heavy atom. The Balaban J connectivity index is 1.39. The second-order valence-electron chi connectivity index (χ2n) is 8.06. The Hall–Kier alpha value is -4.15. The molecule has 10 heteroatoms. The van der Waals surface area contributed by atoms with E-state index in [1.54, 1.807) is 12.1 Å². The van der Waals surface area contributed by atoms with Gasteiger partial charge < -0.3 is 9.73 Å². The topological polar surface area (TPSA) is 137 Å². The summed E-state index contributed by atoms with van der Waals surface area (Å²) in [6.45, 7) is 2.58. The lowest BCUT2D eigenvalue weighted by Crippen LogP contribution is -2.12. The minimum absolute atomic E-state index is 0.0882. The van der Waals surface area contributed by atoms with E-state index in [9.17, 15) is 8.42 Å². The summed E-state index contributed by atoms with van der Waals surface area (Å²) in [6, 6.07) is 22.0. The summed E-state index contributed by atoms with van der Waals surface area (Å²) in [5.41, 5.74) is 3.67. The Bertz CT molecular complexity index is 1600. The van der Waals surface area contributed by atoms with Crippen molar-refractivity contribution in [1.29, 1.82) is 0 Å². The van der Waals surface area contributed by atoms with Crippen LogP contribution in [-0.2, 0) is 16.4 Å². The molecule has 0 bridgehead atoms. The Morgan fingerprint density at radius 2 is 1.60 bits per heavy atom. The number of hydrogen-bond donors (Lipinski definition) is 2. The molecule has 0 atom stereocenters. The third kappa shape index (κ3) is 5.03. The first-order valence-electron chi connectivity index (χ1n) is 10.9. The largest absolute Gasteiger partial charge is 0.413 e. The zero-order valence-electron chi connectivity index (χ0n) is 18.8. The molecule has 0 spiro atoms. The molecule has 3 N–H and O–H groups in total. The number of hydrogen-bond acceptors (Lipinski definition) is 8. The molecule has 9 nitrogen and oxygen atoms in total. The van der Waals surface area contributed by atoms with Crippen molar-refractivity contribution in [2.24, 2.45) is 5.14 Å². The van der Waals surface area contributed by atoms with Crippen LogP contribution in [0.3, 0.4) is 0 Å². The van der Waals surface area contributed by atoms with Gasteiger partial charge in [-0.3, -0.25) is 0 Å². The summed E-state index contributed by atoms with van der Waals surface area (Å²) in [7, 11) is -3.71. The zero-order valence-corrected chi connectivity index (χ0v) is 19.7. The number of fused-ring (bicyclic) bond motifs is 1. The number of aromatic nitrogens is 4. The summed E-state index contributed by atoms with van der Waals surface area (Å²) >= 11 is 0. The van der Waals surface area contributed by atoms with Crippen LogP contribution in [0.5, 0.6) is 0 Å². The highest BCUT2D eigenvalue weighted by Crippen LogP contribution is 2.27. The number of nitrogens with zero attached hydrogens (tertiary/aromatic N) is 4. The van der Waals surface area contributed by atoms with Gasteiger partial charge in [-0.05, 0) is 55.3 Å². The summed E-state index contributed by atoms with van der Waals surface area (Å²) in [6.07, 6.45) is 0.649. The van der Waals surface area contributed by atoms with Gasteiger partial charge in [-0.1, -0.05) is 42.0 Å². The minimum atomic E-state index is -3.71. The van der Waals surface area contributed by atoms with Crippen molar-refractivity contribution < 1.29 is 12.8 Å². The number of para-hydroxylation sites is 1. The minimum Gasteiger partial charge on any atom is -0.413 e. The Morgan fingerprint density at radius 1 is 0.886 bits per heavy atom. The van der Waals surface area contributed by atoms with Crippen molar-refractivity contribution in [3.8, 4) is 23.2 Å². The van der Waals surface area contributed by atoms with E-state index >= 15 is 0 Å². The monoisotopic (exact) mass is 486 g/mol. The predicted octanol–water partition coefficient (Wildman–Crippen LogP) is 3.96. The summed E-state index contributed by atoms with van der Waals surface area (Å²) in [5, 5.41) is 17.7. The van der Waals surface area contributed by atoms with E-state index in [2.05, 4.69) is 25.5 Å². The average Bonchev–Trinajstić information content (AvgIpc) is 3.34. The number of aryl methyl sites for hydroxylation is 1. The van der Waals surface area contributed by atoms with Gasteiger partial charge in [-0.15, -0.1) is 10.2 Å². The van der Waals surface area contributed by atoms with Crippen LogP contribution in [-0.4, -0.2) is 35.1 Å². The lowest BCUT2D eigenvalue weighted by atomic mass is 10.1. The fraction of sp³-hybridized carbons (Fsp3) is 0.120. The molecule has 0 amide bonds. The molecule has 0 saturated carbocycles. The first-order chi connectivity index (χ1) is 16.9. The maximum absolute atomic E-state index is 11.4. The molecule has 35 heavy (non-hydrogen) atoms. The van der Waals surface area contributed by atoms with Gasteiger partial charge >= 0.3 is 0 Å². The first kappa shape index (κ1) is 22.6. The van der Waals surface area contributed by atoms with Gasteiger partial charge in [0, 0.05) is 17.5 Å². The second kappa shape index (κ2) is 9.24. The van der Waals surface area contributed by atoms with Crippen molar-refractivity contribution >= 4 is 26.7 Å². The van der Waals surface area contributed by atoms with Crippen molar-refractivity contribution in [2.45, 2.75) is 18.2 Å². The molecular formula is C25H22N6O3S. The van der Waals surface area contributed by atoms with Crippen LogP contribution < -0.4 is 10.5 Å². The molecule has 0 radical (unpaired) electrons. The quantitative estimate of drug-likeness (QED) is 0.353. The molecule has 0 aliphatic carbocycles. The predicted molar refractivity (Wildman–Crippen MR) is 133 cm³/mol. The van der Waals surface area contributed by atoms with Crippen LogP contribution in [0, 0.1) is 6.92 Å². The lowest BCUT2D eigenvalue weighted by molar-refractivity contribution is 0.579. The van der Waals surface area contributed by atoms with E-state index in [0.717, 1.165) is 27.6 Å². The van der Waals surface area contributed by atoms with Crippen LogP contribution in [0.25, 0.3) is 34.1 Å². The molecule has 5 aromatic rings. The van der Waals surface area contributed by atoms with E-state index in [-0.39, 0.29) is 10.8 Å². The van der Waals surface area contributed by atoms with Crippen LogP contribution >= 0.6 is 0 Å². The normalized spacial score (nSPS) is 11.6. The number of nitrogens with one attached hydrogen (secondary N) is 1. The molecular weight excluding hydrogens is 464 g/mol. The fourth-order valence-corrected chi connectivity index (χ4v) is 4.12.